The number of thiophene rings is 1. The Morgan fingerprint density at radius 2 is 1.81 bits per heavy atom. The van der Waals surface area contributed by atoms with Gasteiger partial charge in [-0.2, -0.15) is 4.73 Å². The van der Waals surface area contributed by atoms with E-state index in [0.29, 0.717) is 50.8 Å². The number of ether oxygens (including phenoxy) is 3. The molecule has 0 spiro atoms. The number of pyridine rings is 1. The minimum Gasteiger partial charge on any atom is -0.619 e. The SMILES string of the molecule is COc1ccc([C@H](Cc2c(Cl)c[n+]([O-])cc2Cl)c2cc(CNC(C(=O)O[C@@H]3CCN(C)C3)c3ccccc3F)sc2C(=O)O)cc1OC. The van der Waals surface area contributed by atoms with Crippen LogP contribution in [0.15, 0.2) is 60.9 Å². The molecule has 1 saturated heterocycles. The molecular formula is C34H34Cl2FN3O7S. The normalized spacial score (nSPS) is 16.0. The molecular weight excluding hydrogens is 684 g/mol. The topological polar surface area (TPSA) is 124 Å². The first kappa shape index (κ1) is 35.4. The van der Waals surface area contributed by atoms with Crippen molar-refractivity contribution in [2.24, 2.45) is 0 Å². The lowest BCUT2D eigenvalue weighted by molar-refractivity contribution is -0.605. The van der Waals surface area contributed by atoms with Gasteiger partial charge in [0.1, 0.15) is 32.9 Å². The summed E-state index contributed by atoms with van der Waals surface area (Å²) in [5, 5.41) is 25.7. The summed E-state index contributed by atoms with van der Waals surface area (Å²) in [6.45, 7) is 1.39. The molecule has 3 atom stereocenters. The van der Waals surface area contributed by atoms with Gasteiger partial charge in [-0.15, -0.1) is 11.3 Å². The summed E-state index contributed by atoms with van der Waals surface area (Å²) in [7, 11) is 4.94. The summed E-state index contributed by atoms with van der Waals surface area (Å²) >= 11 is 14.0. The Morgan fingerprint density at radius 1 is 1.10 bits per heavy atom. The van der Waals surface area contributed by atoms with Crippen LogP contribution < -0.4 is 19.5 Å². The molecule has 5 rings (SSSR count). The number of nitrogens with zero attached hydrogens (tertiary/aromatic N) is 2. The molecule has 1 aliphatic rings. The summed E-state index contributed by atoms with van der Waals surface area (Å²) in [5.74, 6) is -2.07. The quantitative estimate of drug-likeness (QED) is 0.0974. The number of nitrogens with one attached hydrogen (secondary N) is 1. The number of aromatic nitrogens is 1. The first-order chi connectivity index (χ1) is 23.0. The van der Waals surface area contributed by atoms with E-state index in [-0.39, 0.29) is 39.6 Å². The number of hydrogen-bond donors (Lipinski definition) is 2. The molecule has 48 heavy (non-hydrogen) atoms. The van der Waals surface area contributed by atoms with Crippen LogP contribution in [-0.4, -0.2) is 62.4 Å². The number of methoxy groups -OCH3 is 2. The van der Waals surface area contributed by atoms with Crippen molar-refractivity contribution in [2.75, 3.05) is 34.4 Å². The number of carbonyl (C=O) groups excluding carboxylic acids is 1. The Morgan fingerprint density at radius 3 is 2.44 bits per heavy atom. The average Bonchev–Trinajstić information content (AvgIpc) is 3.67. The Bertz CT molecular complexity index is 1780. The van der Waals surface area contributed by atoms with Crippen molar-refractivity contribution >= 4 is 46.5 Å². The number of carboxylic acids is 1. The highest BCUT2D eigenvalue weighted by Gasteiger charge is 2.32. The van der Waals surface area contributed by atoms with Crippen molar-refractivity contribution in [2.45, 2.75) is 37.5 Å². The van der Waals surface area contributed by atoms with Crippen LogP contribution in [0.5, 0.6) is 11.5 Å². The van der Waals surface area contributed by atoms with Crippen LogP contribution in [0.2, 0.25) is 10.0 Å². The van der Waals surface area contributed by atoms with Crippen LogP contribution in [0.1, 0.15) is 55.2 Å². The van der Waals surface area contributed by atoms with Crippen LogP contribution in [-0.2, 0) is 22.5 Å². The summed E-state index contributed by atoms with van der Waals surface area (Å²) in [5.41, 5.74) is 1.69. The maximum atomic E-state index is 15.0. The zero-order chi connectivity index (χ0) is 34.5. The minimum absolute atomic E-state index is 0.0330. The number of benzene rings is 2. The monoisotopic (exact) mass is 717 g/mol. The second-order valence-electron chi connectivity index (χ2n) is 11.4. The van der Waals surface area contributed by atoms with Crippen molar-refractivity contribution in [1.29, 1.82) is 0 Å². The standard InChI is InChI=1S/C34H34Cl2FN3O7S/c1-39-11-10-20(16-39)47-34(43)31(22-6-4-5-7-28(22)37)38-15-21-13-24(32(48-21)33(41)42)23(14-25-26(35)17-40(44)18-27(25)36)19-8-9-29(45-2)30(12-19)46-3/h4-9,12-13,17-18,20,23,31,38H,10-11,14-16H2,1-3H3,(H,41,42)/t20-,23+,31?/m1/s1. The summed E-state index contributed by atoms with van der Waals surface area (Å²) < 4.78 is 32.2. The van der Waals surface area contributed by atoms with E-state index in [1.165, 1.54) is 44.8 Å². The lowest BCUT2D eigenvalue weighted by Gasteiger charge is -2.21. The van der Waals surface area contributed by atoms with Crippen LogP contribution in [0.3, 0.4) is 0 Å². The third kappa shape index (κ3) is 8.01. The van der Waals surface area contributed by atoms with Gasteiger partial charge in [0.2, 0.25) is 0 Å². The molecule has 0 aliphatic carbocycles. The number of esters is 1. The van der Waals surface area contributed by atoms with Gasteiger partial charge in [-0.3, -0.25) is 5.32 Å². The number of halogens is 3. The zero-order valence-corrected chi connectivity index (χ0v) is 28.7. The largest absolute Gasteiger partial charge is 0.619 e. The Kier molecular flexibility index (Phi) is 11.4. The predicted molar refractivity (Wildman–Crippen MR) is 180 cm³/mol. The van der Waals surface area contributed by atoms with Crippen molar-refractivity contribution in [1.82, 2.24) is 10.2 Å². The average molecular weight is 719 g/mol. The van der Waals surface area contributed by atoms with Crippen LogP contribution in [0.4, 0.5) is 4.39 Å². The Hall–Kier alpha value is -3.94. The van der Waals surface area contributed by atoms with Crippen molar-refractivity contribution < 1.29 is 38.0 Å². The second-order valence-corrected chi connectivity index (χ2v) is 13.4. The molecule has 254 valence electrons. The van der Waals surface area contributed by atoms with E-state index < -0.39 is 29.7 Å². The fraction of sp³-hybridized carbons (Fsp3) is 0.324. The second kappa shape index (κ2) is 15.5. The minimum atomic E-state index is -1.16. The van der Waals surface area contributed by atoms with Gasteiger partial charge < -0.3 is 29.4 Å². The van der Waals surface area contributed by atoms with E-state index in [2.05, 4.69) is 5.32 Å². The number of aromatic carboxylic acids is 1. The maximum Gasteiger partial charge on any atom is 0.346 e. The third-order valence-electron chi connectivity index (χ3n) is 8.22. The van der Waals surface area contributed by atoms with Gasteiger partial charge in [-0.25, -0.2) is 14.0 Å². The highest BCUT2D eigenvalue weighted by molar-refractivity contribution is 7.14. The molecule has 10 nitrogen and oxygen atoms in total. The molecule has 0 amide bonds. The van der Waals surface area contributed by atoms with Gasteiger partial charge in [-0.05, 0) is 55.3 Å². The zero-order valence-electron chi connectivity index (χ0n) is 26.4. The van der Waals surface area contributed by atoms with E-state index in [1.54, 1.807) is 30.3 Å². The molecule has 0 bridgehead atoms. The van der Waals surface area contributed by atoms with E-state index in [4.69, 9.17) is 37.4 Å². The third-order valence-corrected chi connectivity index (χ3v) is 10.0. The lowest BCUT2D eigenvalue weighted by Crippen LogP contribution is -2.33. The Labute approximate surface area is 291 Å². The highest BCUT2D eigenvalue weighted by atomic mass is 35.5. The molecule has 4 aromatic rings. The fourth-order valence-electron chi connectivity index (χ4n) is 5.83. The van der Waals surface area contributed by atoms with Crippen molar-refractivity contribution in [3.8, 4) is 11.5 Å². The molecule has 14 heteroatoms. The van der Waals surface area contributed by atoms with Crippen LogP contribution in [0.25, 0.3) is 0 Å². The maximum absolute atomic E-state index is 15.0. The molecule has 0 saturated carbocycles. The smallest absolute Gasteiger partial charge is 0.346 e. The summed E-state index contributed by atoms with van der Waals surface area (Å²) in [6.07, 6.45) is 2.85. The van der Waals surface area contributed by atoms with E-state index in [1.807, 2.05) is 11.9 Å². The number of likely N-dealkylation sites (tertiary alicyclic amines) is 1. The van der Waals surface area contributed by atoms with E-state index in [0.717, 1.165) is 17.9 Å². The first-order valence-corrected chi connectivity index (χ1v) is 16.6. The molecule has 1 unspecified atom stereocenters. The molecule has 1 aliphatic heterocycles. The number of likely N-dealkylation sites (N-methyl/N-ethyl adjacent to an activating group) is 1. The fourth-order valence-corrected chi connectivity index (χ4v) is 7.44. The van der Waals surface area contributed by atoms with E-state index in [9.17, 15) is 24.3 Å². The highest BCUT2D eigenvalue weighted by Crippen LogP contribution is 2.41. The number of rotatable bonds is 13. The Balaban J connectivity index is 1.52. The molecule has 0 radical (unpaired) electrons. The molecule has 2 N–H and O–H groups in total. The van der Waals surface area contributed by atoms with E-state index >= 15 is 0 Å². The van der Waals surface area contributed by atoms with Gasteiger partial charge in [-0.1, -0.05) is 47.5 Å². The molecule has 3 heterocycles. The molecule has 2 aromatic heterocycles. The van der Waals surface area contributed by atoms with Crippen LogP contribution >= 0.6 is 34.5 Å². The lowest BCUT2D eigenvalue weighted by atomic mass is 9.85. The van der Waals surface area contributed by atoms with Crippen molar-refractivity contribution in [3.05, 3.63) is 114 Å². The number of hydrogen-bond acceptors (Lipinski definition) is 9. The van der Waals surface area contributed by atoms with Crippen molar-refractivity contribution in [3.63, 3.8) is 0 Å². The van der Waals surface area contributed by atoms with Gasteiger partial charge in [0, 0.05) is 41.6 Å². The van der Waals surface area contributed by atoms with Gasteiger partial charge in [0.05, 0.1) is 14.2 Å². The molecule has 1 fully saturated rings. The van der Waals surface area contributed by atoms with Crippen LogP contribution in [0, 0.1) is 11.0 Å². The van der Waals surface area contributed by atoms with Gasteiger partial charge in [0.25, 0.3) is 0 Å². The van der Waals surface area contributed by atoms with Gasteiger partial charge in [0.15, 0.2) is 23.9 Å². The first-order valence-electron chi connectivity index (χ1n) is 15.0. The van der Waals surface area contributed by atoms with Gasteiger partial charge >= 0.3 is 11.9 Å². The number of carboxylic acid groups (broad SMARTS) is 1. The predicted octanol–water partition coefficient (Wildman–Crippen LogP) is 6.00. The molecule has 2 aromatic carbocycles. The number of carbonyl (C=O) groups is 2. The summed E-state index contributed by atoms with van der Waals surface area (Å²) in [4.78, 5) is 28.8. The summed E-state index contributed by atoms with van der Waals surface area (Å²) in [6, 6.07) is 11.8.